The zero-order valence-corrected chi connectivity index (χ0v) is 26.9. The normalized spacial score (nSPS) is 19.6. The molecular formula is C39H43NO4. The molecule has 3 aromatic rings. The van der Waals surface area contributed by atoms with E-state index in [9.17, 15) is 9.59 Å². The molecule has 1 heterocycles. The Labute approximate surface area is 261 Å². The minimum atomic E-state index is -0.437. The molecule has 6 rings (SSSR count). The van der Waals surface area contributed by atoms with Gasteiger partial charge in [-0.25, -0.2) is 0 Å². The van der Waals surface area contributed by atoms with Gasteiger partial charge in [-0.1, -0.05) is 82.3 Å². The molecule has 0 radical (unpaired) electrons. The van der Waals surface area contributed by atoms with Gasteiger partial charge in [-0.2, -0.15) is 0 Å². The van der Waals surface area contributed by atoms with E-state index in [1.54, 1.807) is 7.11 Å². The summed E-state index contributed by atoms with van der Waals surface area (Å²) in [5.74, 6) is 1.06. The summed E-state index contributed by atoms with van der Waals surface area (Å²) in [6.45, 7) is 13.0. The third-order valence-corrected chi connectivity index (χ3v) is 9.50. The lowest BCUT2D eigenvalue weighted by molar-refractivity contribution is -0.119. The Morgan fingerprint density at radius 3 is 2.09 bits per heavy atom. The number of hydrogen-bond donors (Lipinski definition) is 0. The zero-order chi connectivity index (χ0) is 31.4. The minimum Gasteiger partial charge on any atom is -0.493 e. The fourth-order valence-corrected chi connectivity index (χ4v) is 7.54. The molecule has 0 spiro atoms. The largest absolute Gasteiger partial charge is 0.493 e. The molecule has 44 heavy (non-hydrogen) atoms. The van der Waals surface area contributed by atoms with Crippen molar-refractivity contribution in [3.63, 3.8) is 0 Å². The van der Waals surface area contributed by atoms with Crippen LogP contribution in [0.2, 0.25) is 0 Å². The van der Waals surface area contributed by atoms with E-state index in [2.05, 4.69) is 69.5 Å². The molecule has 0 aromatic heterocycles. The van der Waals surface area contributed by atoms with Crippen LogP contribution >= 0.6 is 0 Å². The van der Waals surface area contributed by atoms with Crippen molar-refractivity contribution in [1.82, 2.24) is 4.90 Å². The average molecular weight is 590 g/mol. The molecule has 228 valence electrons. The first-order valence-electron chi connectivity index (χ1n) is 15.6. The molecule has 2 aliphatic carbocycles. The molecule has 0 saturated heterocycles. The van der Waals surface area contributed by atoms with Crippen LogP contribution in [0.4, 0.5) is 0 Å². The summed E-state index contributed by atoms with van der Waals surface area (Å²) in [5, 5.41) is 2.32. The summed E-state index contributed by atoms with van der Waals surface area (Å²) < 4.78 is 12.5. The van der Waals surface area contributed by atoms with Crippen LogP contribution in [0, 0.1) is 10.8 Å². The molecule has 0 saturated carbocycles. The Bertz CT molecular complexity index is 1700. The van der Waals surface area contributed by atoms with E-state index in [0.29, 0.717) is 37.4 Å². The van der Waals surface area contributed by atoms with Gasteiger partial charge < -0.3 is 14.4 Å². The van der Waals surface area contributed by atoms with Crippen LogP contribution in [-0.2, 0) is 22.6 Å². The first-order chi connectivity index (χ1) is 20.9. The summed E-state index contributed by atoms with van der Waals surface area (Å²) in [6, 6.07) is 18.6. The van der Waals surface area contributed by atoms with Crippen LogP contribution in [0.1, 0.15) is 76.0 Å². The van der Waals surface area contributed by atoms with E-state index in [-0.39, 0.29) is 22.4 Å². The number of fused-ring (bicyclic) bond motifs is 1. The predicted octanol–water partition coefficient (Wildman–Crippen LogP) is 8.47. The fraction of sp³-hybridized carbons (Fsp3) is 0.385. The summed E-state index contributed by atoms with van der Waals surface area (Å²) >= 11 is 0. The van der Waals surface area contributed by atoms with Gasteiger partial charge in [0.2, 0.25) is 0 Å². The second-order valence-electron chi connectivity index (χ2n) is 14.2. The number of ketones is 2. The Morgan fingerprint density at radius 1 is 0.864 bits per heavy atom. The molecule has 0 unspecified atom stereocenters. The number of rotatable bonds is 7. The van der Waals surface area contributed by atoms with Crippen LogP contribution in [0.3, 0.4) is 0 Å². The Balaban J connectivity index is 1.49. The molecule has 1 aliphatic heterocycles. The van der Waals surface area contributed by atoms with Gasteiger partial charge in [-0.05, 0) is 58.1 Å². The van der Waals surface area contributed by atoms with E-state index in [0.717, 1.165) is 57.5 Å². The van der Waals surface area contributed by atoms with Gasteiger partial charge in [0.1, 0.15) is 6.61 Å². The third kappa shape index (κ3) is 5.27. The van der Waals surface area contributed by atoms with Crippen molar-refractivity contribution >= 4 is 22.3 Å². The van der Waals surface area contributed by atoms with Gasteiger partial charge in [-0.15, -0.1) is 6.58 Å². The SMILES string of the molecule is C=CCc1cc(C2C3=C(CC(C)(C)CC3=O)N(C)C3=C2C(=O)CC(C)(C)C3)cc(OC)c1OCc1cccc2ccccc12. The van der Waals surface area contributed by atoms with E-state index >= 15 is 0 Å². The summed E-state index contributed by atoms with van der Waals surface area (Å²) in [4.78, 5) is 30.1. The highest BCUT2D eigenvalue weighted by Crippen LogP contribution is 2.54. The number of allylic oxidation sites excluding steroid dienone is 5. The van der Waals surface area contributed by atoms with Crippen LogP contribution < -0.4 is 9.47 Å². The maximum atomic E-state index is 14.0. The number of hydrogen-bond acceptors (Lipinski definition) is 5. The van der Waals surface area contributed by atoms with Gasteiger partial charge in [0, 0.05) is 53.9 Å². The molecule has 5 nitrogen and oxygen atoms in total. The van der Waals surface area contributed by atoms with E-state index in [4.69, 9.17) is 9.47 Å². The number of carbonyl (C=O) groups is 2. The van der Waals surface area contributed by atoms with Gasteiger partial charge >= 0.3 is 0 Å². The van der Waals surface area contributed by atoms with E-state index in [1.807, 2.05) is 37.4 Å². The minimum absolute atomic E-state index is 0.123. The summed E-state index contributed by atoms with van der Waals surface area (Å²) in [7, 11) is 3.69. The average Bonchev–Trinajstić information content (AvgIpc) is 2.96. The first kappa shape index (κ1) is 29.9. The van der Waals surface area contributed by atoms with Crippen LogP contribution in [0.5, 0.6) is 11.5 Å². The highest BCUT2D eigenvalue weighted by molar-refractivity contribution is 6.06. The smallest absolute Gasteiger partial charge is 0.165 e. The summed E-state index contributed by atoms with van der Waals surface area (Å²) in [6.07, 6.45) is 4.91. The summed E-state index contributed by atoms with van der Waals surface area (Å²) in [5.41, 5.74) is 6.21. The van der Waals surface area contributed by atoms with Crippen molar-refractivity contribution in [1.29, 1.82) is 0 Å². The highest BCUT2D eigenvalue weighted by Gasteiger charge is 2.48. The number of Topliss-reactive ketones (excluding diaryl/α,β-unsaturated/α-hetero) is 2. The lowest BCUT2D eigenvalue weighted by Crippen LogP contribution is -2.43. The molecule has 0 atom stereocenters. The van der Waals surface area contributed by atoms with Crippen molar-refractivity contribution in [2.24, 2.45) is 10.8 Å². The van der Waals surface area contributed by atoms with E-state index < -0.39 is 5.92 Å². The molecular weight excluding hydrogens is 546 g/mol. The molecule has 3 aromatic carbocycles. The molecule has 0 N–H and O–H groups in total. The number of benzene rings is 3. The standard InChI is InChI=1S/C39H43NO4/c1-8-12-25-17-27(18-33(43-7)37(25)44-23-26-15-11-14-24-13-9-10-16-28(24)26)34-35-29(19-38(2,3)21-31(35)41)40(6)30-20-39(4,5)22-32(42)36(30)34/h8-11,13-18,34H,1,12,19-23H2,2-7H3. The van der Waals surface area contributed by atoms with Gasteiger partial charge in [0.05, 0.1) is 7.11 Å². The maximum absolute atomic E-state index is 14.0. The third-order valence-electron chi connectivity index (χ3n) is 9.50. The molecule has 0 fully saturated rings. The van der Waals surface area contributed by atoms with E-state index in [1.165, 1.54) is 5.39 Å². The van der Waals surface area contributed by atoms with Crippen molar-refractivity contribution in [3.8, 4) is 11.5 Å². The quantitative estimate of drug-likeness (QED) is 0.259. The van der Waals surface area contributed by atoms with Crippen molar-refractivity contribution < 1.29 is 19.1 Å². The second-order valence-corrected chi connectivity index (χ2v) is 14.2. The van der Waals surface area contributed by atoms with Crippen molar-refractivity contribution in [2.75, 3.05) is 14.2 Å². The van der Waals surface area contributed by atoms with Crippen LogP contribution in [0.15, 0.2) is 89.8 Å². The van der Waals surface area contributed by atoms with Crippen LogP contribution in [0.25, 0.3) is 10.8 Å². The van der Waals surface area contributed by atoms with Crippen LogP contribution in [-0.4, -0.2) is 30.6 Å². The monoisotopic (exact) mass is 589 g/mol. The topological polar surface area (TPSA) is 55.8 Å². The Hall–Kier alpha value is -4.12. The number of ether oxygens (including phenoxy) is 2. The Morgan fingerprint density at radius 2 is 1.48 bits per heavy atom. The molecule has 0 bridgehead atoms. The first-order valence-corrected chi connectivity index (χ1v) is 15.6. The van der Waals surface area contributed by atoms with Gasteiger partial charge in [0.15, 0.2) is 23.1 Å². The number of carbonyl (C=O) groups excluding carboxylic acids is 2. The number of nitrogens with zero attached hydrogens (tertiary/aromatic N) is 1. The van der Waals surface area contributed by atoms with Gasteiger partial charge in [0.25, 0.3) is 0 Å². The highest BCUT2D eigenvalue weighted by atomic mass is 16.5. The maximum Gasteiger partial charge on any atom is 0.165 e. The predicted molar refractivity (Wildman–Crippen MR) is 176 cm³/mol. The van der Waals surface area contributed by atoms with Gasteiger partial charge in [-0.3, -0.25) is 9.59 Å². The Kier molecular flexibility index (Phi) is 7.55. The van der Waals surface area contributed by atoms with Crippen molar-refractivity contribution in [2.45, 2.75) is 72.3 Å². The zero-order valence-electron chi connectivity index (χ0n) is 26.9. The fourth-order valence-electron chi connectivity index (χ4n) is 7.54. The number of methoxy groups -OCH3 is 1. The lowest BCUT2D eigenvalue weighted by Gasteiger charge is -2.48. The lowest BCUT2D eigenvalue weighted by atomic mass is 9.63. The molecule has 3 aliphatic rings. The second kappa shape index (κ2) is 11.1. The molecule has 5 heteroatoms. The van der Waals surface area contributed by atoms with Crippen molar-refractivity contribution in [3.05, 3.63) is 106 Å². The molecule has 0 amide bonds.